The van der Waals surface area contributed by atoms with Gasteiger partial charge in [-0.1, -0.05) is 164 Å². The topological polar surface area (TPSA) is 3.24 Å². The van der Waals surface area contributed by atoms with Crippen LogP contribution >= 0.6 is 22.7 Å². The van der Waals surface area contributed by atoms with Gasteiger partial charge < -0.3 is 4.90 Å². The highest BCUT2D eigenvalue weighted by Gasteiger charge is 2.23. The maximum absolute atomic E-state index is 2.48. The smallest absolute Gasteiger partial charge is 0.0718 e. The van der Waals surface area contributed by atoms with Crippen LogP contribution in [0.15, 0.2) is 200 Å². The summed E-state index contributed by atoms with van der Waals surface area (Å²) in [5.74, 6) is 0. The van der Waals surface area contributed by atoms with E-state index in [2.05, 4.69) is 205 Å². The number of rotatable bonds is 6. The van der Waals surface area contributed by atoms with Crippen molar-refractivity contribution < 1.29 is 0 Å². The largest absolute Gasteiger partial charge is 0.308 e. The molecule has 0 atom stereocenters. The molecule has 11 rings (SSSR count). The summed E-state index contributed by atoms with van der Waals surface area (Å²) in [4.78, 5) is 2.48. The number of anilines is 3. The van der Waals surface area contributed by atoms with Crippen molar-refractivity contribution in [2.75, 3.05) is 4.90 Å². The molecule has 0 amide bonds. The minimum absolute atomic E-state index is 1.12. The molecule has 55 heavy (non-hydrogen) atoms. The Bertz CT molecular complexity index is 3180. The number of hydrogen-bond donors (Lipinski definition) is 0. The lowest BCUT2D eigenvalue weighted by Gasteiger charge is -2.29. The molecule has 2 heterocycles. The zero-order chi connectivity index (χ0) is 36.3. The molecule has 0 saturated carbocycles. The molecule has 0 radical (unpaired) electrons. The molecule has 3 heteroatoms. The molecule has 0 spiro atoms. The average Bonchev–Trinajstić information content (AvgIpc) is 3.83. The van der Waals surface area contributed by atoms with Crippen LogP contribution in [0.4, 0.5) is 17.1 Å². The van der Waals surface area contributed by atoms with E-state index in [4.69, 9.17) is 0 Å². The van der Waals surface area contributed by atoms with Crippen LogP contribution in [0.25, 0.3) is 84.5 Å². The Morgan fingerprint density at radius 1 is 0.291 bits per heavy atom. The zero-order valence-corrected chi connectivity index (χ0v) is 31.4. The van der Waals surface area contributed by atoms with Gasteiger partial charge in [0.15, 0.2) is 0 Å². The maximum Gasteiger partial charge on any atom is 0.0718 e. The fourth-order valence-electron chi connectivity index (χ4n) is 8.29. The summed E-state index contributed by atoms with van der Waals surface area (Å²) < 4.78 is 5.23. The third-order valence-electron chi connectivity index (χ3n) is 10.9. The van der Waals surface area contributed by atoms with Gasteiger partial charge in [-0.2, -0.15) is 0 Å². The molecule has 258 valence electrons. The van der Waals surface area contributed by atoms with Gasteiger partial charge in [-0.3, -0.25) is 0 Å². The van der Waals surface area contributed by atoms with Crippen molar-refractivity contribution in [1.82, 2.24) is 0 Å². The van der Waals surface area contributed by atoms with E-state index in [0.29, 0.717) is 0 Å². The molecule has 9 aromatic carbocycles. The molecule has 0 bridgehead atoms. The predicted octanol–water partition coefficient (Wildman–Crippen LogP) is 16.0. The molecule has 0 aliphatic carbocycles. The summed E-state index contributed by atoms with van der Waals surface area (Å²) in [5.41, 5.74) is 10.8. The summed E-state index contributed by atoms with van der Waals surface area (Å²) in [7, 11) is 0. The first-order valence-corrected chi connectivity index (χ1v) is 20.3. The van der Waals surface area contributed by atoms with Crippen molar-refractivity contribution in [3.63, 3.8) is 0 Å². The van der Waals surface area contributed by atoms with E-state index in [1.807, 2.05) is 22.7 Å². The molecular formula is C52H33NS2. The Balaban J connectivity index is 1.13. The van der Waals surface area contributed by atoms with Gasteiger partial charge in [-0.05, 0) is 75.0 Å². The molecule has 0 fully saturated rings. The van der Waals surface area contributed by atoms with Crippen LogP contribution < -0.4 is 4.90 Å². The predicted molar refractivity (Wildman–Crippen MR) is 241 cm³/mol. The molecule has 11 aromatic rings. The fourth-order valence-corrected chi connectivity index (χ4v) is 10.8. The summed E-state index contributed by atoms with van der Waals surface area (Å²) >= 11 is 3.76. The van der Waals surface area contributed by atoms with Crippen LogP contribution in [-0.4, -0.2) is 0 Å². The number of benzene rings is 9. The van der Waals surface area contributed by atoms with Gasteiger partial charge in [-0.25, -0.2) is 0 Å². The van der Waals surface area contributed by atoms with E-state index in [1.54, 1.807) is 0 Å². The molecule has 2 aromatic heterocycles. The lowest BCUT2D eigenvalue weighted by molar-refractivity contribution is 1.30. The van der Waals surface area contributed by atoms with Crippen molar-refractivity contribution in [3.05, 3.63) is 200 Å². The second-order valence-electron chi connectivity index (χ2n) is 14.0. The standard InChI is InChI=1S/C52H33NS2/c1-2-12-35(13-3-1)42-32-33-47-45-18-7-9-23-49(45)55-52(47)50(42)53(38-28-24-36(25-29-38)41-19-10-15-34-14-4-5-16-40(34)41)39-30-26-37(27-31-39)43-20-11-21-46-44-17-6-8-22-48(44)54-51(43)46/h1-33H. The highest BCUT2D eigenvalue weighted by atomic mass is 32.1. The van der Waals surface area contributed by atoms with E-state index < -0.39 is 0 Å². The van der Waals surface area contributed by atoms with E-state index in [9.17, 15) is 0 Å². The van der Waals surface area contributed by atoms with Crippen molar-refractivity contribution in [2.45, 2.75) is 0 Å². The van der Waals surface area contributed by atoms with Gasteiger partial charge in [0.1, 0.15) is 0 Å². The Labute approximate surface area is 327 Å². The molecule has 0 saturated heterocycles. The van der Waals surface area contributed by atoms with Crippen LogP contribution in [0, 0.1) is 0 Å². The van der Waals surface area contributed by atoms with E-state index >= 15 is 0 Å². The number of nitrogens with zero attached hydrogens (tertiary/aromatic N) is 1. The van der Waals surface area contributed by atoms with Gasteiger partial charge in [-0.15, -0.1) is 22.7 Å². The van der Waals surface area contributed by atoms with Crippen LogP contribution in [0.2, 0.25) is 0 Å². The van der Waals surface area contributed by atoms with Gasteiger partial charge in [0.2, 0.25) is 0 Å². The van der Waals surface area contributed by atoms with Gasteiger partial charge in [0.25, 0.3) is 0 Å². The first kappa shape index (κ1) is 32.0. The molecule has 0 aliphatic rings. The molecular weight excluding hydrogens is 703 g/mol. The minimum Gasteiger partial charge on any atom is -0.308 e. The maximum atomic E-state index is 2.48. The van der Waals surface area contributed by atoms with Crippen molar-refractivity contribution in [3.8, 4) is 33.4 Å². The van der Waals surface area contributed by atoms with Gasteiger partial charge in [0.05, 0.1) is 10.4 Å². The van der Waals surface area contributed by atoms with Gasteiger partial charge in [0, 0.05) is 52.6 Å². The van der Waals surface area contributed by atoms with E-state index in [-0.39, 0.29) is 0 Å². The first-order chi connectivity index (χ1) is 27.3. The average molecular weight is 736 g/mol. The van der Waals surface area contributed by atoms with Crippen LogP contribution in [0.1, 0.15) is 0 Å². The summed E-state index contributed by atoms with van der Waals surface area (Å²) in [6.07, 6.45) is 0. The van der Waals surface area contributed by atoms with E-state index in [1.165, 1.54) is 90.2 Å². The SMILES string of the molecule is c1ccc(-c2ccc3c(sc4ccccc43)c2N(c2ccc(-c3cccc4ccccc34)cc2)c2ccc(-c3cccc4c3sc3ccccc34)cc2)cc1. The summed E-state index contributed by atoms with van der Waals surface area (Å²) in [6, 6.07) is 73.4. The number of hydrogen-bond acceptors (Lipinski definition) is 3. The van der Waals surface area contributed by atoms with Crippen molar-refractivity contribution in [1.29, 1.82) is 0 Å². The number of fused-ring (bicyclic) bond motifs is 7. The lowest BCUT2D eigenvalue weighted by atomic mass is 9.97. The Morgan fingerprint density at radius 2 is 0.782 bits per heavy atom. The third kappa shape index (κ3) is 5.35. The van der Waals surface area contributed by atoms with E-state index in [0.717, 1.165) is 11.4 Å². The normalized spacial score (nSPS) is 11.6. The van der Waals surface area contributed by atoms with Crippen LogP contribution in [-0.2, 0) is 0 Å². The third-order valence-corrected chi connectivity index (χ3v) is 13.3. The quantitative estimate of drug-likeness (QED) is 0.164. The Hall–Kier alpha value is -6.52. The highest BCUT2D eigenvalue weighted by Crippen LogP contribution is 2.50. The second-order valence-corrected chi connectivity index (χ2v) is 16.1. The summed E-state index contributed by atoms with van der Waals surface area (Å²) in [6.45, 7) is 0. The molecule has 0 aliphatic heterocycles. The molecule has 0 N–H and O–H groups in total. The zero-order valence-electron chi connectivity index (χ0n) is 29.8. The summed E-state index contributed by atoms with van der Waals surface area (Å²) in [5, 5.41) is 7.73. The van der Waals surface area contributed by atoms with Crippen molar-refractivity contribution >= 4 is 90.9 Å². The fraction of sp³-hybridized carbons (Fsp3) is 0. The Kier molecular flexibility index (Phi) is 7.61. The second kappa shape index (κ2) is 13.1. The minimum atomic E-state index is 1.12. The Morgan fingerprint density at radius 3 is 1.49 bits per heavy atom. The monoisotopic (exact) mass is 735 g/mol. The highest BCUT2D eigenvalue weighted by molar-refractivity contribution is 7.26. The molecule has 0 unspecified atom stereocenters. The lowest BCUT2D eigenvalue weighted by Crippen LogP contribution is -2.11. The van der Waals surface area contributed by atoms with Crippen LogP contribution in [0.3, 0.4) is 0 Å². The van der Waals surface area contributed by atoms with Crippen LogP contribution in [0.5, 0.6) is 0 Å². The number of thiophene rings is 2. The first-order valence-electron chi connectivity index (χ1n) is 18.7. The molecule has 1 nitrogen and oxygen atoms in total. The van der Waals surface area contributed by atoms with Crippen molar-refractivity contribution in [2.24, 2.45) is 0 Å². The van der Waals surface area contributed by atoms with Gasteiger partial charge >= 0.3 is 0 Å².